The first-order chi connectivity index (χ1) is 9.79. The number of anilines is 1. The second-order valence-corrected chi connectivity index (χ2v) is 8.43. The Morgan fingerprint density at radius 1 is 1.24 bits per heavy atom. The van der Waals surface area contributed by atoms with Crippen LogP contribution in [0.25, 0.3) is 0 Å². The molecule has 0 fully saturated rings. The number of nitrogens with one attached hydrogen (secondary N) is 1. The first-order valence-corrected chi connectivity index (χ1v) is 8.74. The predicted molar refractivity (Wildman–Crippen MR) is 97.3 cm³/mol. The van der Waals surface area contributed by atoms with Gasteiger partial charge in [0, 0.05) is 26.5 Å². The van der Waals surface area contributed by atoms with Crippen molar-refractivity contribution in [1.29, 1.82) is 0 Å². The van der Waals surface area contributed by atoms with Crippen molar-refractivity contribution in [2.75, 3.05) is 11.9 Å². The van der Waals surface area contributed by atoms with Crippen molar-refractivity contribution < 1.29 is 0 Å². The molecule has 21 heavy (non-hydrogen) atoms. The maximum absolute atomic E-state index is 5.98. The molecule has 1 atom stereocenters. The Kier molecular flexibility index (Phi) is 5.12. The van der Waals surface area contributed by atoms with E-state index in [0.717, 1.165) is 10.2 Å². The van der Waals surface area contributed by atoms with Crippen LogP contribution in [0.2, 0.25) is 0 Å². The molecule has 0 aliphatic rings. The average molecular weight is 367 g/mol. The zero-order valence-corrected chi connectivity index (χ0v) is 15.4. The quantitative estimate of drug-likeness (QED) is 0.777. The molecule has 2 aromatic rings. The van der Waals surface area contributed by atoms with Crippen LogP contribution < -0.4 is 11.1 Å². The second kappa shape index (κ2) is 6.51. The van der Waals surface area contributed by atoms with Gasteiger partial charge in [-0.15, -0.1) is 11.3 Å². The highest BCUT2D eigenvalue weighted by molar-refractivity contribution is 9.10. The zero-order chi connectivity index (χ0) is 15.6. The van der Waals surface area contributed by atoms with Gasteiger partial charge < -0.3 is 11.1 Å². The van der Waals surface area contributed by atoms with Crippen LogP contribution in [-0.4, -0.2) is 6.54 Å². The van der Waals surface area contributed by atoms with Crippen molar-refractivity contribution in [3.63, 3.8) is 0 Å². The van der Waals surface area contributed by atoms with Gasteiger partial charge in [-0.1, -0.05) is 36.7 Å². The Bertz CT molecular complexity index is 593. The lowest BCUT2D eigenvalue weighted by Gasteiger charge is -2.19. The summed E-state index contributed by atoms with van der Waals surface area (Å²) in [5.41, 5.74) is 8.49. The highest BCUT2D eigenvalue weighted by Crippen LogP contribution is 2.33. The Hall–Kier alpha value is -0.840. The maximum Gasteiger partial charge on any atom is 0.0728 e. The van der Waals surface area contributed by atoms with Crippen molar-refractivity contribution in [1.82, 2.24) is 0 Å². The lowest BCUT2D eigenvalue weighted by Crippen LogP contribution is -2.19. The minimum atomic E-state index is 0.153. The van der Waals surface area contributed by atoms with Gasteiger partial charge in [-0.3, -0.25) is 0 Å². The minimum Gasteiger partial charge on any atom is -0.376 e. The normalized spacial score (nSPS) is 13.2. The number of hydrogen-bond acceptors (Lipinski definition) is 3. The molecule has 0 aliphatic heterocycles. The van der Waals surface area contributed by atoms with Gasteiger partial charge in [0.15, 0.2) is 0 Å². The van der Waals surface area contributed by atoms with Crippen LogP contribution in [0.15, 0.2) is 34.8 Å². The molecule has 0 amide bonds. The molecule has 0 spiro atoms. The van der Waals surface area contributed by atoms with Crippen LogP contribution in [-0.2, 0) is 5.41 Å². The molecule has 2 rings (SSSR count). The summed E-state index contributed by atoms with van der Waals surface area (Å²) in [6.45, 7) is 9.40. The first-order valence-electron chi connectivity index (χ1n) is 7.13. The molecular weight excluding hydrogens is 344 g/mol. The predicted octanol–water partition coefficient (Wildman–Crippen LogP) is 5.23. The number of nitrogens with two attached hydrogens (primary N) is 1. The van der Waals surface area contributed by atoms with Gasteiger partial charge in [-0.25, -0.2) is 0 Å². The summed E-state index contributed by atoms with van der Waals surface area (Å²) < 4.78 is 1.09. The Labute approximate surface area is 139 Å². The number of hydrogen-bond donors (Lipinski definition) is 2. The summed E-state index contributed by atoms with van der Waals surface area (Å²) in [7, 11) is 0. The minimum absolute atomic E-state index is 0.153. The van der Waals surface area contributed by atoms with Gasteiger partial charge in [0.1, 0.15) is 0 Å². The van der Waals surface area contributed by atoms with E-state index in [1.165, 1.54) is 15.3 Å². The third-order valence-electron chi connectivity index (χ3n) is 3.33. The number of halogens is 1. The van der Waals surface area contributed by atoms with Crippen LogP contribution in [0.4, 0.5) is 5.69 Å². The first kappa shape index (κ1) is 16.5. The van der Waals surface area contributed by atoms with E-state index in [1.54, 1.807) is 0 Å². The van der Waals surface area contributed by atoms with Gasteiger partial charge in [-0.2, -0.15) is 0 Å². The number of rotatable bonds is 4. The van der Waals surface area contributed by atoms with Crippen molar-refractivity contribution in [2.24, 2.45) is 5.73 Å². The Balaban J connectivity index is 2.22. The van der Waals surface area contributed by atoms with Gasteiger partial charge in [-0.05, 0) is 48.2 Å². The maximum atomic E-state index is 5.98. The molecule has 0 aliphatic carbocycles. The lowest BCUT2D eigenvalue weighted by molar-refractivity contribution is 0.604. The number of aryl methyl sites for hydroxylation is 1. The van der Waals surface area contributed by atoms with E-state index in [1.807, 2.05) is 11.3 Å². The van der Waals surface area contributed by atoms with Crippen molar-refractivity contribution >= 4 is 33.0 Å². The van der Waals surface area contributed by atoms with Gasteiger partial charge in [0.25, 0.3) is 0 Å². The molecule has 1 unspecified atom stereocenters. The van der Waals surface area contributed by atoms with Crippen LogP contribution in [0.3, 0.4) is 0 Å². The highest BCUT2D eigenvalue weighted by Gasteiger charge is 2.19. The van der Waals surface area contributed by atoms with Crippen molar-refractivity contribution in [3.8, 4) is 0 Å². The lowest BCUT2D eigenvalue weighted by atomic mass is 9.95. The summed E-state index contributed by atoms with van der Waals surface area (Å²) in [5, 5.41) is 3.55. The average Bonchev–Trinajstić information content (AvgIpc) is 2.84. The molecular formula is C17H23BrN2S. The fourth-order valence-corrected chi connectivity index (χ4v) is 3.95. The molecule has 0 saturated carbocycles. The summed E-state index contributed by atoms with van der Waals surface area (Å²) in [6.07, 6.45) is 0. The van der Waals surface area contributed by atoms with Gasteiger partial charge in [0.2, 0.25) is 0 Å². The van der Waals surface area contributed by atoms with Crippen molar-refractivity contribution in [3.05, 3.63) is 50.1 Å². The summed E-state index contributed by atoms with van der Waals surface area (Å²) >= 11 is 5.39. The molecule has 114 valence electrons. The molecule has 1 aromatic carbocycles. The molecule has 4 heteroatoms. The molecule has 3 N–H and O–H groups in total. The molecule has 1 heterocycles. The Morgan fingerprint density at radius 2 is 1.95 bits per heavy atom. The van der Waals surface area contributed by atoms with Crippen LogP contribution in [0.1, 0.15) is 42.1 Å². The van der Waals surface area contributed by atoms with E-state index in [-0.39, 0.29) is 11.5 Å². The summed E-state index contributed by atoms with van der Waals surface area (Å²) in [5.74, 6) is 0. The van der Waals surface area contributed by atoms with Gasteiger partial charge in [0.05, 0.1) is 6.04 Å². The number of benzene rings is 1. The summed E-state index contributed by atoms with van der Waals surface area (Å²) in [6, 6.07) is 10.9. The second-order valence-electron chi connectivity index (χ2n) is 6.40. The standard InChI is InChI=1S/C17H23BrN2S/c1-11-7-12(18)9-13(8-11)20-14(10-19)15-5-6-16(21-15)17(2,3)4/h5-9,14,20H,10,19H2,1-4H3. The summed E-state index contributed by atoms with van der Waals surface area (Å²) in [4.78, 5) is 2.68. The molecule has 0 saturated heterocycles. The SMILES string of the molecule is Cc1cc(Br)cc(NC(CN)c2ccc(C(C)(C)C)s2)c1. The van der Waals surface area contributed by atoms with E-state index < -0.39 is 0 Å². The highest BCUT2D eigenvalue weighted by atomic mass is 79.9. The largest absolute Gasteiger partial charge is 0.376 e. The van der Waals surface area contributed by atoms with E-state index >= 15 is 0 Å². The smallest absolute Gasteiger partial charge is 0.0728 e. The van der Waals surface area contributed by atoms with Crippen LogP contribution in [0, 0.1) is 6.92 Å². The van der Waals surface area contributed by atoms with E-state index in [2.05, 4.69) is 79.3 Å². The van der Waals surface area contributed by atoms with E-state index in [4.69, 9.17) is 5.73 Å². The number of thiophene rings is 1. The third-order valence-corrected chi connectivity index (χ3v) is 5.41. The third kappa shape index (κ3) is 4.31. The van der Waals surface area contributed by atoms with Crippen molar-refractivity contribution in [2.45, 2.75) is 39.2 Å². The monoisotopic (exact) mass is 366 g/mol. The molecule has 2 nitrogen and oxygen atoms in total. The fourth-order valence-electron chi connectivity index (χ4n) is 2.21. The van der Waals surface area contributed by atoms with E-state index in [9.17, 15) is 0 Å². The molecule has 0 bridgehead atoms. The Morgan fingerprint density at radius 3 is 2.48 bits per heavy atom. The fraction of sp³-hybridized carbons (Fsp3) is 0.412. The van der Waals surface area contributed by atoms with Crippen LogP contribution in [0.5, 0.6) is 0 Å². The van der Waals surface area contributed by atoms with E-state index in [0.29, 0.717) is 6.54 Å². The van der Waals surface area contributed by atoms with Gasteiger partial charge >= 0.3 is 0 Å². The molecule has 1 aromatic heterocycles. The molecule has 0 radical (unpaired) electrons. The van der Waals surface area contributed by atoms with Crippen LogP contribution >= 0.6 is 27.3 Å². The topological polar surface area (TPSA) is 38.0 Å². The zero-order valence-electron chi connectivity index (χ0n) is 13.0.